The summed E-state index contributed by atoms with van der Waals surface area (Å²) in [5.41, 5.74) is 4.44. The Morgan fingerprint density at radius 1 is 1.08 bits per heavy atom. The van der Waals surface area contributed by atoms with Gasteiger partial charge in [0.25, 0.3) is 5.91 Å². The minimum Gasteiger partial charge on any atom is -0.496 e. The van der Waals surface area contributed by atoms with Gasteiger partial charge in [0, 0.05) is 0 Å². The summed E-state index contributed by atoms with van der Waals surface area (Å²) in [5.74, 6) is 1.80. The molecule has 140 valence electrons. The number of nitrogens with one attached hydrogen (secondary N) is 1. The van der Waals surface area contributed by atoms with Crippen molar-refractivity contribution in [2.24, 2.45) is 0 Å². The summed E-state index contributed by atoms with van der Waals surface area (Å²) in [6.45, 7) is 10.3. The number of rotatable bonds is 7. The molecule has 2 aromatic rings. The first kappa shape index (κ1) is 19.8. The van der Waals surface area contributed by atoms with E-state index in [-0.39, 0.29) is 18.6 Å². The standard InChI is InChI=1S/C22H29NO3/c1-14(2)19-12-20(16(4)11-21(19)25-6)17(5)23-22(24)13-26-18-9-7-8-15(3)10-18/h7-12,14,17H,13H2,1-6H3,(H,23,24)/t17-/m1/s1. The Kier molecular flexibility index (Phi) is 6.67. The number of methoxy groups -OCH3 is 1. The molecule has 2 rings (SSSR count). The van der Waals surface area contributed by atoms with Crippen LogP contribution in [0.25, 0.3) is 0 Å². The Labute approximate surface area is 156 Å². The molecule has 0 heterocycles. The van der Waals surface area contributed by atoms with Crippen molar-refractivity contribution < 1.29 is 14.3 Å². The van der Waals surface area contributed by atoms with E-state index >= 15 is 0 Å². The number of hydrogen-bond donors (Lipinski definition) is 1. The van der Waals surface area contributed by atoms with Crippen LogP contribution in [0.5, 0.6) is 11.5 Å². The lowest BCUT2D eigenvalue weighted by Gasteiger charge is -2.21. The summed E-state index contributed by atoms with van der Waals surface area (Å²) >= 11 is 0. The third-order valence-corrected chi connectivity index (χ3v) is 4.44. The van der Waals surface area contributed by atoms with Crippen LogP contribution in [0.15, 0.2) is 36.4 Å². The zero-order valence-corrected chi connectivity index (χ0v) is 16.6. The third-order valence-electron chi connectivity index (χ3n) is 4.44. The van der Waals surface area contributed by atoms with Gasteiger partial charge in [-0.05, 0) is 73.2 Å². The summed E-state index contributed by atoms with van der Waals surface area (Å²) in [6, 6.07) is 11.7. The first-order valence-corrected chi connectivity index (χ1v) is 8.99. The van der Waals surface area contributed by atoms with Gasteiger partial charge in [0.05, 0.1) is 13.2 Å². The molecular weight excluding hydrogens is 326 g/mol. The quantitative estimate of drug-likeness (QED) is 0.784. The van der Waals surface area contributed by atoms with Crippen LogP contribution in [0.4, 0.5) is 0 Å². The molecule has 0 saturated heterocycles. The number of carbonyl (C=O) groups is 1. The number of ether oxygens (including phenoxy) is 2. The lowest BCUT2D eigenvalue weighted by molar-refractivity contribution is -0.123. The van der Waals surface area contributed by atoms with Crippen molar-refractivity contribution in [3.05, 3.63) is 58.7 Å². The smallest absolute Gasteiger partial charge is 0.258 e. The monoisotopic (exact) mass is 355 g/mol. The van der Waals surface area contributed by atoms with Gasteiger partial charge in [0.15, 0.2) is 6.61 Å². The molecule has 0 radical (unpaired) electrons. The fourth-order valence-electron chi connectivity index (χ4n) is 3.03. The highest BCUT2D eigenvalue weighted by molar-refractivity contribution is 5.78. The second kappa shape index (κ2) is 8.75. The molecule has 0 spiro atoms. The second-order valence-electron chi connectivity index (χ2n) is 7.00. The van der Waals surface area contributed by atoms with Crippen molar-refractivity contribution in [2.45, 2.75) is 46.6 Å². The predicted octanol–water partition coefficient (Wildman–Crippen LogP) is 4.69. The predicted molar refractivity (Wildman–Crippen MR) is 105 cm³/mol. The summed E-state index contributed by atoms with van der Waals surface area (Å²) < 4.78 is 11.1. The third kappa shape index (κ3) is 5.01. The van der Waals surface area contributed by atoms with Crippen LogP contribution >= 0.6 is 0 Å². The maximum atomic E-state index is 12.3. The van der Waals surface area contributed by atoms with Crippen molar-refractivity contribution >= 4 is 5.91 Å². The molecule has 2 aromatic carbocycles. The Morgan fingerprint density at radius 3 is 2.42 bits per heavy atom. The molecule has 1 atom stereocenters. The molecule has 0 bridgehead atoms. The fourth-order valence-corrected chi connectivity index (χ4v) is 3.03. The number of benzene rings is 2. The molecule has 4 heteroatoms. The van der Waals surface area contributed by atoms with Gasteiger partial charge in [0.2, 0.25) is 0 Å². The Bertz CT molecular complexity index is 768. The van der Waals surface area contributed by atoms with E-state index in [9.17, 15) is 4.79 Å². The van der Waals surface area contributed by atoms with E-state index in [1.807, 2.05) is 51.1 Å². The van der Waals surface area contributed by atoms with E-state index in [1.165, 1.54) is 0 Å². The number of carbonyl (C=O) groups excluding carboxylic acids is 1. The van der Waals surface area contributed by atoms with E-state index in [1.54, 1.807) is 7.11 Å². The van der Waals surface area contributed by atoms with Crippen molar-refractivity contribution in [1.29, 1.82) is 0 Å². The highest BCUT2D eigenvalue weighted by Crippen LogP contribution is 2.32. The van der Waals surface area contributed by atoms with Crippen LogP contribution in [-0.4, -0.2) is 19.6 Å². The van der Waals surface area contributed by atoms with Gasteiger partial charge in [0.1, 0.15) is 11.5 Å². The van der Waals surface area contributed by atoms with Crippen LogP contribution in [0.3, 0.4) is 0 Å². The van der Waals surface area contributed by atoms with E-state index in [2.05, 4.69) is 25.2 Å². The van der Waals surface area contributed by atoms with Crippen molar-refractivity contribution in [1.82, 2.24) is 5.32 Å². The highest BCUT2D eigenvalue weighted by atomic mass is 16.5. The average molecular weight is 355 g/mol. The summed E-state index contributed by atoms with van der Waals surface area (Å²) in [6.07, 6.45) is 0. The lowest BCUT2D eigenvalue weighted by Crippen LogP contribution is -2.31. The van der Waals surface area contributed by atoms with Crippen molar-refractivity contribution in [3.63, 3.8) is 0 Å². The summed E-state index contributed by atoms with van der Waals surface area (Å²) in [5, 5.41) is 3.02. The zero-order chi connectivity index (χ0) is 19.3. The van der Waals surface area contributed by atoms with Gasteiger partial charge >= 0.3 is 0 Å². The lowest BCUT2D eigenvalue weighted by atomic mass is 9.93. The van der Waals surface area contributed by atoms with Gasteiger partial charge < -0.3 is 14.8 Å². The minimum absolute atomic E-state index is 0.0000331. The largest absolute Gasteiger partial charge is 0.496 e. The molecular formula is C22H29NO3. The van der Waals surface area contributed by atoms with Crippen molar-refractivity contribution in [2.75, 3.05) is 13.7 Å². The molecule has 0 unspecified atom stereocenters. The number of hydrogen-bond acceptors (Lipinski definition) is 3. The van der Waals surface area contributed by atoms with Crippen molar-refractivity contribution in [3.8, 4) is 11.5 Å². The summed E-state index contributed by atoms with van der Waals surface area (Å²) in [4.78, 5) is 12.3. The van der Waals surface area contributed by atoms with Gasteiger partial charge in [-0.2, -0.15) is 0 Å². The SMILES string of the molecule is COc1cc(C)c([C@@H](C)NC(=O)COc2cccc(C)c2)cc1C(C)C. The molecule has 1 amide bonds. The Balaban J connectivity index is 2.05. The first-order valence-electron chi connectivity index (χ1n) is 8.99. The Hall–Kier alpha value is -2.49. The molecule has 26 heavy (non-hydrogen) atoms. The maximum Gasteiger partial charge on any atom is 0.258 e. The van der Waals surface area contributed by atoms with Gasteiger partial charge in [-0.3, -0.25) is 4.79 Å². The van der Waals surface area contributed by atoms with Crippen LogP contribution in [0.2, 0.25) is 0 Å². The molecule has 0 aromatic heterocycles. The zero-order valence-electron chi connectivity index (χ0n) is 16.6. The van der Waals surface area contributed by atoms with Crippen LogP contribution in [0.1, 0.15) is 55.0 Å². The van der Waals surface area contributed by atoms with Gasteiger partial charge in [-0.15, -0.1) is 0 Å². The first-order chi connectivity index (χ1) is 12.3. The van der Waals surface area contributed by atoms with Crippen LogP contribution < -0.4 is 14.8 Å². The number of aryl methyl sites for hydroxylation is 2. The van der Waals surface area contributed by atoms with Crippen LogP contribution in [-0.2, 0) is 4.79 Å². The fraction of sp³-hybridized carbons (Fsp3) is 0.409. The maximum absolute atomic E-state index is 12.3. The number of amides is 1. The molecule has 0 aliphatic heterocycles. The topological polar surface area (TPSA) is 47.6 Å². The van der Waals surface area contributed by atoms with E-state index < -0.39 is 0 Å². The average Bonchev–Trinajstić information content (AvgIpc) is 2.59. The van der Waals surface area contributed by atoms with E-state index in [0.717, 1.165) is 28.0 Å². The van der Waals surface area contributed by atoms with E-state index in [0.29, 0.717) is 11.7 Å². The van der Waals surface area contributed by atoms with Gasteiger partial charge in [-0.1, -0.05) is 26.0 Å². The summed E-state index contributed by atoms with van der Waals surface area (Å²) in [7, 11) is 1.69. The Morgan fingerprint density at radius 2 is 1.81 bits per heavy atom. The molecule has 0 aliphatic carbocycles. The van der Waals surface area contributed by atoms with Crippen LogP contribution in [0, 0.1) is 13.8 Å². The molecule has 0 saturated carbocycles. The van der Waals surface area contributed by atoms with Gasteiger partial charge in [-0.25, -0.2) is 0 Å². The normalized spacial score (nSPS) is 12.0. The molecule has 4 nitrogen and oxygen atoms in total. The molecule has 1 N–H and O–H groups in total. The second-order valence-corrected chi connectivity index (χ2v) is 7.00. The minimum atomic E-state index is -0.139. The highest BCUT2D eigenvalue weighted by Gasteiger charge is 2.17. The molecule has 0 fully saturated rings. The van der Waals surface area contributed by atoms with E-state index in [4.69, 9.17) is 9.47 Å². The molecule has 0 aliphatic rings.